The topological polar surface area (TPSA) is 67.8 Å². The van der Waals surface area contributed by atoms with Crippen molar-refractivity contribution in [2.75, 3.05) is 19.8 Å². The van der Waals surface area contributed by atoms with Crippen molar-refractivity contribution in [3.05, 3.63) is 0 Å². The molecule has 5 nitrogen and oxygen atoms in total. The van der Waals surface area contributed by atoms with E-state index in [0.717, 1.165) is 25.9 Å². The van der Waals surface area contributed by atoms with E-state index in [1.165, 1.54) is 0 Å². The van der Waals surface area contributed by atoms with Crippen LogP contribution in [0.3, 0.4) is 0 Å². The van der Waals surface area contributed by atoms with E-state index >= 15 is 0 Å². The molecule has 1 fully saturated rings. The first-order valence-electron chi connectivity index (χ1n) is 6.59. The number of carbonyl (C=O) groups excluding carboxylic acids is 1. The zero-order valence-electron chi connectivity index (χ0n) is 11.6. The highest BCUT2D eigenvalue weighted by Gasteiger charge is 2.23. The maximum Gasteiger partial charge on any atom is 0.407 e. The molecular formula is C13H25NO4. The molecule has 1 unspecified atom stereocenters. The molecule has 106 valence electrons. The van der Waals surface area contributed by atoms with Gasteiger partial charge in [-0.15, -0.1) is 0 Å². The summed E-state index contributed by atoms with van der Waals surface area (Å²) in [7, 11) is 0. The van der Waals surface area contributed by atoms with E-state index in [0.29, 0.717) is 12.5 Å². The Hall–Kier alpha value is -0.810. The fraction of sp³-hybridized carbons (Fsp3) is 0.923. The number of rotatable bonds is 4. The van der Waals surface area contributed by atoms with Crippen molar-refractivity contribution in [1.29, 1.82) is 0 Å². The molecule has 0 spiro atoms. The fourth-order valence-electron chi connectivity index (χ4n) is 2.05. The number of amides is 1. The minimum atomic E-state index is -0.516. The van der Waals surface area contributed by atoms with Gasteiger partial charge in [-0.25, -0.2) is 4.79 Å². The Bertz CT molecular complexity index is 256. The van der Waals surface area contributed by atoms with Crippen molar-refractivity contribution in [2.45, 2.75) is 51.7 Å². The monoisotopic (exact) mass is 259 g/mol. The van der Waals surface area contributed by atoms with E-state index in [-0.39, 0.29) is 12.6 Å². The Kier molecular flexibility index (Phi) is 5.88. The molecule has 2 N–H and O–H groups in total. The number of aliphatic hydroxyl groups is 1. The van der Waals surface area contributed by atoms with Crippen LogP contribution < -0.4 is 5.32 Å². The summed E-state index contributed by atoms with van der Waals surface area (Å²) in [6.07, 6.45) is 2.40. The molecule has 1 heterocycles. The zero-order valence-corrected chi connectivity index (χ0v) is 11.6. The van der Waals surface area contributed by atoms with Crippen LogP contribution in [-0.4, -0.2) is 42.7 Å². The molecule has 1 saturated heterocycles. The summed E-state index contributed by atoms with van der Waals surface area (Å²) >= 11 is 0. The van der Waals surface area contributed by atoms with Crippen molar-refractivity contribution in [3.63, 3.8) is 0 Å². The minimum Gasteiger partial charge on any atom is -0.444 e. The molecule has 18 heavy (non-hydrogen) atoms. The first-order valence-corrected chi connectivity index (χ1v) is 6.59. The molecule has 0 aromatic heterocycles. The highest BCUT2D eigenvalue weighted by atomic mass is 16.6. The summed E-state index contributed by atoms with van der Waals surface area (Å²) in [5, 5.41) is 12.0. The molecule has 0 aliphatic carbocycles. The van der Waals surface area contributed by atoms with Crippen LogP contribution in [0.15, 0.2) is 0 Å². The lowest BCUT2D eigenvalue weighted by Gasteiger charge is -2.27. The molecule has 0 bridgehead atoms. The van der Waals surface area contributed by atoms with Gasteiger partial charge in [-0.05, 0) is 46.0 Å². The van der Waals surface area contributed by atoms with Crippen LogP contribution in [0.2, 0.25) is 0 Å². The van der Waals surface area contributed by atoms with E-state index < -0.39 is 11.7 Å². The highest BCUT2D eigenvalue weighted by Crippen LogP contribution is 2.19. The van der Waals surface area contributed by atoms with Gasteiger partial charge in [0.25, 0.3) is 0 Å². The largest absolute Gasteiger partial charge is 0.444 e. The van der Waals surface area contributed by atoms with Gasteiger partial charge in [-0.3, -0.25) is 0 Å². The number of carbonyl (C=O) groups is 1. The van der Waals surface area contributed by atoms with Gasteiger partial charge in [0.05, 0.1) is 12.6 Å². The number of ether oxygens (including phenoxy) is 2. The smallest absolute Gasteiger partial charge is 0.407 e. The Morgan fingerprint density at radius 1 is 1.56 bits per heavy atom. The first-order chi connectivity index (χ1) is 8.40. The molecule has 1 rings (SSSR count). The highest BCUT2D eigenvalue weighted by molar-refractivity contribution is 5.68. The third-order valence-corrected chi connectivity index (χ3v) is 2.81. The van der Waals surface area contributed by atoms with Gasteiger partial charge in [0.2, 0.25) is 0 Å². The maximum absolute atomic E-state index is 11.6. The molecular weight excluding hydrogens is 234 g/mol. The molecule has 1 aliphatic rings. The van der Waals surface area contributed by atoms with E-state index in [2.05, 4.69) is 5.32 Å². The Morgan fingerprint density at radius 2 is 2.28 bits per heavy atom. The lowest BCUT2D eigenvalue weighted by Crippen LogP contribution is -2.42. The van der Waals surface area contributed by atoms with Gasteiger partial charge in [-0.2, -0.15) is 0 Å². The van der Waals surface area contributed by atoms with Crippen molar-refractivity contribution in [3.8, 4) is 0 Å². The van der Waals surface area contributed by atoms with E-state index in [9.17, 15) is 9.90 Å². The van der Waals surface area contributed by atoms with Gasteiger partial charge >= 0.3 is 6.09 Å². The van der Waals surface area contributed by atoms with E-state index in [1.807, 2.05) is 20.8 Å². The minimum absolute atomic E-state index is 0.0737. The Balaban J connectivity index is 2.34. The molecule has 0 radical (unpaired) electrons. The van der Waals surface area contributed by atoms with Crippen LogP contribution in [0.5, 0.6) is 0 Å². The van der Waals surface area contributed by atoms with Crippen molar-refractivity contribution in [2.24, 2.45) is 5.92 Å². The number of hydrogen-bond acceptors (Lipinski definition) is 4. The summed E-state index contributed by atoms with van der Waals surface area (Å²) in [4.78, 5) is 11.6. The summed E-state index contributed by atoms with van der Waals surface area (Å²) in [5.41, 5.74) is -0.516. The standard InChI is InChI=1S/C13H25NO4/c1-13(2,3)18-12(16)14-11(8-15)7-10-5-4-6-17-9-10/h10-11,15H,4-9H2,1-3H3,(H,14,16)/t10?,11-/m0/s1. The molecule has 1 aliphatic heterocycles. The lowest BCUT2D eigenvalue weighted by atomic mass is 9.95. The molecule has 0 aromatic carbocycles. The Morgan fingerprint density at radius 3 is 2.78 bits per heavy atom. The van der Waals surface area contributed by atoms with Gasteiger partial charge < -0.3 is 19.9 Å². The van der Waals surface area contributed by atoms with Crippen molar-refractivity contribution in [1.82, 2.24) is 5.32 Å². The van der Waals surface area contributed by atoms with Crippen LogP contribution in [-0.2, 0) is 9.47 Å². The van der Waals surface area contributed by atoms with E-state index in [1.54, 1.807) is 0 Å². The van der Waals surface area contributed by atoms with Gasteiger partial charge in [0.15, 0.2) is 0 Å². The molecule has 5 heteroatoms. The van der Waals surface area contributed by atoms with Gasteiger partial charge in [0.1, 0.15) is 5.60 Å². The number of aliphatic hydroxyl groups excluding tert-OH is 1. The quantitative estimate of drug-likeness (QED) is 0.806. The predicted molar refractivity (Wildman–Crippen MR) is 68.4 cm³/mol. The van der Waals surface area contributed by atoms with Gasteiger partial charge in [0, 0.05) is 13.2 Å². The van der Waals surface area contributed by atoms with Gasteiger partial charge in [-0.1, -0.05) is 0 Å². The number of nitrogens with one attached hydrogen (secondary N) is 1. The zero-order chi connectivity index (χ0) is 13.6. The van der Waals surface area contributed by atoms with Crippen LogP contribution >= 0.6 is 0 Å². The lowest BCUT2D eigenvalue weighted by molar-refractivity contribution is 0.0343. The van der Waals surface area contributed by atoms with E-state index in [4.69, 9.17) is 9.47 Å². The number of hydrogen-bond donors (Lipinski definition) is 2. The molecule has 0 aromatic rings. The maximum atomic E-state index is 11.6. The normalized spacial score (nSPS) is 22.3. The second kappa shape index (κ2) is 6.95. The van der Waals surface area contributed by atoms with Crippen LogP contribution in [0.25, 0.3) is 0 Å². The third kappa shape index (κ3) is 6.21. The summed E-state index contributed by atoms with van der Waals surface area (Å²) in [6, 6.07) is -0.258. The summed E-state index contributed by atoms with van der Waals surface area (Å²) in [6.45, 7) is 6.91. The average molecular weight is 259 g/mol. The fourth-order valence-corrected chi connectivity index (χ4v) is 2.05. The first kappa shape index (κ1) is 15.2. The average Bonchev–Trinajstić information content (AvgIpc) is 2.27. The SMILES string of the molecule is CC(C)(C)OC(=O)N[C@H](CO)CC1CCCOC1. The van der Waals surface area contributed by atoms with Crippen LogP contribution in [0.1, 0.15) is 40.0 Å². The second-order valence-electron chi connectivity index (χ2n) is 5.84. The molecule has 1 amide bonds. The van der Waals surface area contributed by atoms with Crippen molar-refractivity contribution >= 4 is 6.09 Å². The Labute approximate surface area is 109 Å². The molecule has 2 atom stereocenters. The third-order valence-electron chi connectivity index (χ3n) is 2.81. The van der Waals surface area contributed by atoms with Crippen LogP contribution in [0.4, 0.5) is 4.79 Å². The summed E-state index contributed by atoms with van der Waals surface area (Å²) in [5.74, 6) is 0.408. The van der Waals surface area contributed by atoms with Crippen LogP contribution in [0, 0.1) is 5.92 Å². The molecule has 0 saturated carbocycles. The second-order valence-corrected chi connectivity index (χ2v) is 5.84. The van der Waals surface area contributed by atoms with Crippen molar-refractivity contribution < 1.29 is 19.4 Å². The number of alkyl carbamates (subject to hydrolysis) is 1. The predicted octanol–water partition coefficient (Wildman–Crippen LogP) is 1.69. The summed E-state index contributed by atoms with van der Waals surface area (Å²) < 4.78 is 10.6.